The molecular weight excluding hydrogens is 330 g/mol. The summed E-state index contributed by atoms with van der Waals surface area (Å²) in [5, 5.41) is 0. The van der Waals surface area contributed by atoms with Crippen LogP contribution in [0, 0.1) is 0 Å². The molecule has 3 aromatic rings. The van der Waals surface area contributed by atoms with Gasteiger partial charge in [-0.2, -0.15) is 0 Å². The molecule has 5 nitrogen and oxygen atoms in total. The lowest BCUT2D eigenvalue weighted by atomic mass is 10.1. The molecule has 0 fully saturated rings. The average molecular weight is 345 g/mol. The first-order chi connectivity index (χ1) is 12.7. The first-order valence-electron chi connectivity index (χ1n) is 8.08. The lowest BCUT2D eigenvalue weighted by Gasteiger charge is -2.19. The van der Waals surface area contributed by atoms with Gasteiger partial charge in [-0.15, -0.1) is 0 Å². The third-order valence-electron chi connectivity index (χ3n) is 4.19. The fourth-order valence-electron chi connectivity index (χ4n) is 2.96. The summed E-state index contributed by atoms with van der Waals surface area (Å²) in [6.45, 7) is 0. The number of rotatable bonds is 4. The number of anilines is 1. The fraction of sp³-hybridized carbons (Fsp3) is 0.0476. The zero-order valence-corrected chi connectivity index (χ0v) is 14.0. The highest BCUT2D eigenvalue weighted by molar-refractivity contribution is 6.34. The smallest absolute Gasteiger partial charge is 0.266 e. The van der Waals surface area contributed by atoms with Gasteiger partial charge in [-0.3, -0.25) is 9.59 Å². The minimum absolute atomic E-state index is 0.360. The monoisotopic (exact) mass is 345 g/mol. The van der Waals surface area contributed by atoms with E-state index in [1.54, 1.807) is 67.8 Å². The quantitative estimate of drug-likeness (QED) is 0.662. The third-order valence-corrected chi connectivity index (χ3v) is 4.19. The number of hydrogen-bond donors (Lipinski definition) is 0. The van der Waals surface area contributed by atoms with E-state index in [1.165, 1.54) is 0 Å². The summed E-state index contributed by atoms with van der Waals surface area (Å²) in [5.41, 5.74) is 1.18. The summed E-state index contributed by atoms with van der Waals surface area (Å²) in [6, 6.07) is 20.9. The molecule has 0 aliphatic carbocycles. The Morgan fingerprint density at radius 1 is 0.654 bits per heavy atom. The van der Waals surface area contributed by atoms with Crippen LogP contribution in [0.25, 0.3) is 0 Å². The number of hydrogen-bond acceptors (Lipinski definition) is 4. The first-order valence-corrected chi connectivity index (χ1v) is 8.08. The van der Waals surface area contributed by atoms with Crippen LogP contribution in [0.1, 0.15) is 20.7 Å². The largest absolute Gasteiger partial charge is 0.493 e. The van der Waals surface area contributed by atoms with Crippen LogP contribution in [0.3, 0.4) is 0 Å². The number of amides is 2. The molecule has 4 rings (SSSR count). The van der Waals surface area contributed by atoms with Gasteiger partial charge in [0.1, 0.15) is 0 Å². The Bertz CT molecular complexity index is 977. The van der Waals surface area contributed by atoms with E-state index in [4.69, 9.17) is 9.47 Å². The number of benzene rings is 3. The Morgan fingerprint density at radius 3 is 1.77 bits per heavy atom. The van der Waals surface area contributed by atoms with Crippen molar-refractivity contribution in [1.29, 1.82) is 0 Å². The summed E-state index contributed by atoms with van der Waals surface area (Å²) < 4.78 is 11.3. The van der Waals surface area contributed by atoms with Gasteiger partial charge in [-0.25, -0.2) is 4.90 Å². The van der Waals surface area contributed by atoms with Gasteiger partial charge in [0.15, 0.2) is 17.2 Å². The van der Waals surface area contributed by atoms with Gasteiger partial charge in [0.05, 0.1) is 23.9 Å². The van der Waals surface area contributed by atoms with Crippen LogP contribution in [0.4, 0.5) is 5.69 Å². The Kier molecular flexibility index (Phi) is 3.89. The maximum Gasteiger partial charge on any atom is 0.266 e. The first kappa shape index (κ1) is 15.9. The van der Waals surface area contributed by atoms with Crippen LogP contribution in [0.5, 0.6) is 17.2 Å². The molecule has 26 heavy (non-hydrogen) atoms. The Hall–Kier alpha value is -3.60. The van der Waals surface area contributed by atoms with E-state index >= 15 is 0 Å². The summed E-state index contributed by atoms with van der Waals surface area (Å²) in [7, 11) is 1.55. The second-order valence-corrected chi connectivity index (χ2v) is 5.71. The van der Waals surface area contributed by atoms with E-state index in [1.807, 2.05) is 12.1 Å². The van der Waals surface area contributed by atoms with Crippen LogP contribution in [-0.2, 0) is 0 Å². The number of methoxy groups -OCH3 is 1. The Morgan fingerprint density at radius 2 is 1.15 bits per heavy atom. The number of carbonyl (C=O) groups is 2. The van der Waals surface area contributed by atoms with Crippen molar-refractivity contribution in [3.63, 3.8) is 0 Å². The summed E-state index contributed by atoms with van der Waals surface area (Å²) in [5.74, 6) is 0.735. The summed E-state index contributed by atoms with van der Waals surface area (Å²) in [6.07, 6.45) is 0. The SMILES string of the molecule is COc1ccccc1Oc1ccccc1N1C(=O)c2ccccc2C1=O. The van der Waals surface area contributed by atoms with Crippen LogP contribution in [-0.4, -0.2) is 18.9 Å². The molecule has 1 heterocycles. The van der Waals surface area contributed by atoms with Crippen molar-refractivity contribution < 1.29 is 19.1 Å². The van der Waals surface area contributed by atoms with Crippen molar-refractivity contribution in [2.75, 3.05) is 12.0 Å². The molecule has 0 atom stereocenters. The van der Waals surface area contributed by atoms with Crippen LogP contribution in [0.15, 0.2) is 72.8 Å². The van der Waals surface area contributed by atoms with E-state index in [0.717, 1.165) is 4.90 Å². The molecule has 2 amide bonds. The summed E-state index contributed by atoms with van der Waals surface area (Å²) >= 11 is 0. The number of para-hydroxylation sites is 4. The van der Waals surface area contributed by atoms with Crippen molar-refractivity contribution in [1.82, 2.24) is 0 Å². The molecule has 0 aromatic heterocycles. The van der Waals surface area contributed by atoms with Crippen molar-refractivity contribution in [2.24, 2.45) is 0 Å². The zero-order chi connectivity index (χ0) is 18.1. The molecule has 0 spiro atoms. The van der Waals surface area contributed by atoms with Crippen molar-refractivity contribution in [3.8, 4) is 17.2 Å². The maximum absolute atomic E-state index is 12.8. The van der Waals surface area contributed by atoms with Gasteiger partial charge in [-0.1, -0.05) is 36.4 Å². The predicted molar refractivity (Wildman–Crippen MR) is 97.1 cm³/mol. The molecule has 5 heteroatoms. The minimum atomic E-state index is -0.360. The Balaban J connectivity index is 1.76. The van der Waals surface area contributed by atoms with Gasteiger partial charge in [0, 0.05) is 0 Å². The Labute approximate surface area is 150 Å². The molecule has 0 N–H and O–H groups in total. The molecule has 0 saturated heterocycles. The normalized spacial score (nSPS) is 12.9. The molecular formula is C21H15NO4. The molecule has 0 radical (unpaired) electrons. The van der Waals surface area contributed by atoms with Gasteiger partial charge in [-0.05, 0) is 36.4 Å². The average Bonchev–Trinajstić information content (AvgIpc) is 2.94. The standard InChI is InChI=1S/C21H15NO4/c1-25-18-12-6-7-13-19(18)26-17-11-5-4-10-16(17)22-20(23)14-8-2-3-9-15(14)21(22)24/h2-13H,1H3. The third kappa shape index (κ3) is 2.50. The van der Waals surface area contributed by atoms with E-state index in [9.17, 15) is 9.59 Å². The summed E-state index contributed by atoms with van der Waals surface area (Å²) in [4.78, 5) is 26.7. The second-order valence-electron chi connectivity index (χ2n) is 5.71. The zero-order valence-electron chi connectivity index (χ0n) is 14.0. The van der Waals surface area contributed by atoms with E-state index < -0.39 is 0 Å². The van der Waals surface area contributed by atoms with Gasteiger partial charge >= 0.3 is 0 Å². The molecule has 1 aliphatic rings. The van der Waals surface area contributed by atoms with E-state index in [0.29, 0.717) is 34.1 Å². The van der Waals surface area contributed by atoms with Gasteiger partial charge < -0.3 is 9.47 Å². The van der Waals surface area contributed by atoms with Crippen molar-refractivity contribution in [2.45, 2.75) is 0 Å². The van der Waals surface area contributed by atoms with Crippen molar-refractivity contribution >= 4 is 17.5 Å². The number of fused-ring (bicyclic) bond motifs is 1. The lowest BCUT2D eigenvalue weighted by molar-refractivity contribution is 0.0925. The van der Waals surface area contributed by atoms with E-state index in [-0.39, 0.29) is 11.8 Å². The molecule has 3 aromatic carbocycles. The molecule has 0 saturated carbocycles. The number of ether oxygens (including phenoxy) is 2. The van der Waals surface area contributed by atoms with Crippen molar-refractivity contribution in [3.05, 3.63) is 83.9 Å². The van der Waals surface area contributed by atoms with Crippen LogP contribution in [0.2, 0.25) is 0 Å². The second kappa shape index (κ2) is 6.37. The van der Waals surface area contributed by atoms with Gasteiger partial charge in [0.2, 0.25) is 0 Å². The molecule has 1 aliphatic heterocycles. The molecule has 0 bridgehead atoms. The lowest BCUT2D eigenvalue weighted by Crippen LogP contribution is -2.29. The molecule has 128 valence electrons. The predicted octanol–water partition coefficient (Wildman–Crippen LogP) is 4.29. The maximum atomic E-state index is 12.8. The van der Waals surface area contributed by atoms with Crippen LogP contribution >= 0.6 is 0 Å². The van der Waals surface area contributed by atoms with Gasteiger partial charge in [0.25, 0.3) is 11.8 Å². The number of carbonyl (C=O) groups excluding carboxylic acids is 2. The fourth-order valence-corrected chi connectivity index (χ4v) is 2.96. The number of imide groups is 1. The van der Waals surface area contributed by atoms with Crippen LogP contribution < -0.4 is 14.4 Å². The highest BCUT2D eigenvalue weighted by Crippen LogP contribution is 2.39. The van der Waals surface area contributed by atoms with E-state index in [2.05, 4.69) is 0 Å². The topological polar surface area (TPSA) is 55.8 Å². The highest BCUT2D eigenvalue weighted by Gasteiger charge is 2.37. The molecule has 0 unspecified atom stereocenters. The number of nitrogens with zero attached hydrogens (tertiary/aromatic N) is 1. The highest BCUT2D eigenvalue weighted by atomic mass is 16.5. The minimum Gasteiger partial charge on any atom is -0.493 e.